The number of rotatable bonds is 3. The van der Waals surface area contributed by atoms with Crippen molar-refractivity contribution >= 4 is 10.8 Å². The zero-order valence-corrected chi connectivity index (χ0v) is 12.0. The van der Waals surface area contributed by atoms with Crippen molar-refractivity contribution in [3.63, 3.8) is 0 Å². The van der Waals surface area contributed by atoms with Crippen molar-refractivity contribution in [2.45, 2.75) is 45.4 Å². The predicted molar refractivity (Wildman–Crippen MR) is 82.3 cm³/mol. The van der Waals surface area contributed by atoms with Gasteiger partial charge >= 0.3 is 0 Å². The molecular formula is C18H22O2. The van der Waals surface area contributed by atoms with Crippen molar-refractivity contribution in [1.29, 1.82) is 0 Å². The first-order valence-electron chi connectivity index (χ1n) is 7.66. The van der Waals surface area contributed by atoms with Gasteiger partial charge in [-0.3, -0.25) is 0 Å². The molecule has 106 valence electrons. The lowest BCUT2D eigenvalue weighted by Gasteiger charge is -2.27. The summed E-state index contributed by atoms with van der Waals surface area (Å²) in [5.41, 5.74) is 1.95. The average molecular weight is 270 g/mol. The lowest BCUT2D eigenvalue weighted by molar-refractivity contribution is 0.386. The normalized spacial score (nSPS) is 18.1. The maximum absolute atomic E-state index is 10.6. The van der Waals surface area contributed by atoms with E-state index in [2.05, 4.69) is 6.92 Å². The van der Waals surface area contributed by atoms with E-state index in [1.807, 2.05) is 24.3 Å². The third-order valence-electron chi connectivity index (χ3n) is 4.63. The van der Waals surface area contributed by atoms with E-state index in [-0.39, 0.29) is 0 Å². The fourth-order valence-corrected chi connectivity index (χ4v) is 3.47. The number of hydrogen-bond acceptors (Lipinski definition) is 2. The van der Waals surface area contributed by atoms with Gasteiger partial charge in [-0.25, -0.2) is 0 Å². The third kappa shape index (κ3) is 2.13. The van der Waals surface area contributed by atoms with Crippen LogP contribution in [0.15, 0.2) is 24.3 Å². The monoisotopic (exact) mass is 270 g/mol. The van der Waals surface area contributed by atoms with Crippen LogP contribution in [-0.4, -0.2) is 10.2 Å². The molecule has 2 heteroatoms. The van der Waals surface area contributed by atoms with Crippen LogP contribution in [0.25, 0.3) is 10.8 Å². The lowest BCUT2D eigenvalue weighted by atomic mass is 9.79. The van der Waals surface area contributed by atoms with Crippen molar-refractivity contribution in [3.8, 4) is 11.5 Å². The Hall–Kier alpha value is -1.70. The van der Waals surface area contributed by atoms with Crippen LogP contribution in [0.1, 0.15) is 43.7 Å². The molecule has 0 aliphatic heterocycles. The van der Waals surface area contributed by atoms with Gasteiger partial charge in [0.1, 0.15) is 11.5 Å². The molecule has 0 fully saturated rings. The Bertz CT molecular complexity index is 631. The van der Waals surface area contributed by atoms with Crippen LogP contribution in [0.2, 0.25) is 0 Å². The van der Waals surface area contributed by atoms with Gasteiger partial charge in [0.15, 0.2) is 0 Å². The first kappa shape index (κ1) is 13.3. The van der Waals surface area contributed by atoms with Crippen LogP contribution in [0.5, 0.6) is 11.5 Å². The Morgan fingerprint density at radius 3 is 2.35 bits per heavy atom. The summed E-state index contributed by atoms with van der Waals surface area (Å²) in [6, 6.07) is 7.58. The summed E-state index contributed by atoms with van der Waals surface area (Å²) >= 11 is 0. The van der Waals surface area contributed by atoms with Gasteiger partial charge in [0.05, 0.1) is 0 Å². The van der Waals surface area contributed by atoms with Crippen LogP contribution in [0.3, 0.4) is 0 Å². The van der Waals surface area contributed by atoms with E-state index in [1.165, 1.54) is 19.3 Å². The number of aromatic hydroxyl groups is 2. The molecule has 0 heterocycles. The number of phenols is 2. The smallest absolute Gasteiger partial charge is 0.127 e. The number of benzene rings is 2. The van der Waals surface area contributed by atoms with Gasteiger partial charge in [0.25, 0.3) is 0 Å². The molecule has 2 aromatic rings. The average Bonchev–Trinajstić information content (AvgIpc) is 2.50. The molecule has 0 aromatic heterocycles. The fraction of sp³-hybridized carbons (Fsp3) is 0.444. The zero-order valence-electron chi connectivity index (χ0n) is 12.0. The molecule has 0 radical (unpaired) electrons. The van der Waals surface area contributed by atoms with Gasteiger partial charge in [-0.15, -0.1) is 0 Å². The summed E-state index contributed by atoms with van der Waals surface area (Å²) in [4.78, 5) is 0. The van der Waals surface area contributed by atoms with Gasteiger partial charge in [-0.2, -0.15) is 0 Å². The molecule has 20 heavy (non-hydrogen) atoms. The Labute approximate surface area is 120 Å². The topological polar surface area (TPSA) is 40.5 Å². The minimum atomic E-state index is 0.377. The van der Waals surface area contributed by atoms with E-state index in [4.69, 9.17) is 0 Å². The molecule has 1 atom stereocenters. The summed E-state index contributed by atoms with van der Waals surface area (Å²) in [7, 11) is 0. The van der Waals surface area contributed by atoms with Crippen molar-refractivity contribution in [2.75, 3.05) is 0 Å². The van der Waals surface area contributed by atoms with Crippen molar-refractivity contribution in [1.82, 2.24) is 0 Å². The SMILES string of the molecule is CCCCC1CCc2c(c(O)c3ccccc3c2O)C1. The van der Waals surface area contributed by atoms with Crippen molar-refractivity contribution in [3.05, 3.63) is 35.4 Å². The van der Waals surface area contributed by atoms with Gasteiger partial charge in [-0.1, -0.05) is 50.5 Å². The zero-order chi connectivity index (χ0) is 14.1. The molecule has 0 spiro atoms. The van der Waals surface area contributed by atoms with Gasteiger partial charge in [0, 0.05) is 21.9 Å². The number of unbranched alkanes of at least 4 members (excludes halogenated alkanes) is 1. The van der Waals surface area contributed by atoms with E-state index in [0.717, 1.165) is 41.2 Å². The highest BCUT2D eigenvalue weighted by Crippen LogP contribution is 2.44. The molecule has 0 bridgehead atoms. The van der Waals surface area contributed by atoms with Crippen LogP contribution < -0.4 is 0 Å². The molecule has 1 unspecified atom stereocenters. The molecule has 2 N–H and O–H groups in total. The van der Waals surface area contributed by atoms with E-state index >= 15 is 0 Å². The quantitative estimate of drug-likeness (QED) is 0.803. The molecule has 1 aliphatic rings. The van der Waals surface area contributed by atoms with E-state index < -0.39 is 0 Å². The van der Waals surface area contributed by atoms with Crippen LogP contribution in [-0.2, 0) is 12.8 Å². The summed E-state index contributed by atoms with van der Waals surface area (Å²) in [5, 5.41) is 22.6. The highest BCUT2D eigenvalue weighted by atomic mass is 16.3. The van der Waals surface area contributed by atoms with Crippen molar-refractivity contribution in [2.24, 2.45) is 5.92 Å². The fourth-order valence-electron chi connectivity index (χ4n) is 3.47. The Morgan fingerprint density at radius 1 is 1.05 bits per heavy atom. The maximum Gasteiger partial charge on any atom is 0.127 e. The summed E-state index contributed by atoms with van der Waals surface area (Å²) in [6.45, 7) is 2.22. The maximum atomic E-state index is 10.6. The number of fused-ring (bicyclic) bond motifs is 2. The first-order valence-corrected chi connectivity index (χ1v) is 7.66. The molecular weight excluding hydrogens is 248 g/mol. The Kier molecular flexibility index (Phi) is 3.56. The van der Waals surface area contributed by atoms with Crippen LogP contribution >= 0.6 is 0 Å². The summed E-state index contributed by atoms with van der Waals surface area (Å²) in [6.07, 6.45) is 6.60. The number of hydrogen-bond donors (Lipinski definition) is 2. The predicted octanol–water partition coefficient (Wildman–Crippen LogP) is 4.55. The molecule has 0 amide bonds. The molecule has 3 rings (SSSR count). The lowest BCUT2D eigenvalue weighted by Crippen LogP contribution is -2.14. The Balaban J connectivity index is 2.05. The van der Waals surface area contributed by atoms with E-state index in [0.29, 0.717) is 17.4 Å². The van der Waals surface area contributed by atoms with Crippen LogP contribution in [0, 0.1) is 5.92 Å². The Morgan fingerprint density at radius 2 is 1.70 bits per heavy atom. The summed E-state index contributed by atoms with van der Waals surface area (Å²) in [5.74, 6) is 1.41. The highest BCUT2D eigenvalue weighted by Gasteiger charge is 2.25. The van der Waals surface area contributed by atoms with Crippen LogP contribution in [0.4, 0.5) is 0 Å². The minimum Gasteiger partial charge on any atom is -0.507 e. The van der Waals surface area contributed by atoms with Crippen molar-refractivity contribution < 1.29 is 10.2 Å². The highest BCUT2D eigenvalue weighted by molar-refractivity contribution is 5.95. The largest absolute Gasteiger partial charge is 0.507 e. The van der Waals surface area contributed by atoms with E-state index in [9.17, 15) is 10.2 Å². The van der Waals surface area contributed by atoms with E-state index in [1.54, 1.807) is 0 Å². The first-order chi connectivity index (χ1) is 9.72. The second-order valence-electron chi connectivity index (χ2n) is 5.95. The van der Waals surface area contributed by atoms with Gasteiger partial charge in [0.2, 0.25) is 0 Å². The molecule has 2 aromatic carbocycles. The standard InChI is InChI=1S/C18H22O2/c1-2-3-6-12-9-10-15-16(11-12)18(20)14-8-5-4-7-13(14)17(15)19/h4-5,7-8,12,19-20H,2-3,6,9-11H2,1H3. The second kappa shape index (κ2) is 5.35. The second-order valence-corrected chi connectivity index (χ2v) is 5.95. The minimum absolute atomic E-state index is 0.377. The van der Waals surface area contributed by atoms with Gasteiger partial charge < -0.3 is 10.2 Å². The third-order valence-corrected chi connectivity index (χ3v) is 4.63. The number of phenolic OH excluding ortho intramolecular Hbond substituents is 2. The summed E-state index contributed by atoms with van der Waals surface area (Å²) < 4.78 is 0. The molecule has 0 saturated heterocycles. The molecule has 1 aliphatic carbocycles. The van der Waals surface area contributed by atoms with Gasteiger partial charge in [-0.05, 0) is 25.2 Å². The molecule has 0 saturated carbocycles. The molecule has 2 nitrogen and oxygen atoms in total.